The summed E-state index contributed by atoms with van der Waals surface area (Å²) in [6.45, 7) is 8.16. The van der Waals surface area contributed by atoms with Crippen molar-refractivity contribution in [3.8, 4) is 0 Å². The second kappa shape index (κ2) is 3.35. The number of hydrogen-bond donors (Lipinski definition) is 0. The molecule has 2 aliphatic heterocycles. The summed E-state index contributed by atoms with van der Waals surface area (Å²) < 4.78 is 5.48. The van der Waals surface area contributed by atoms with Crippen LogP contribution in [-0.2, 0) is 4.74 Å². The van der Waals surface area contributed by atoms with Crippen LogP contribution in [0.4, 0.5) is 0 Å². The maximum Gasteiger partial charge on any atom is 0.0536 e. The van der Waals surface area contributed by atoms with Crippen LogP contribution in [0.2, 0.25) is 0 Å². The SMILES string of the molecule is CCCN1CC[C@]2(CCOC2)C1. The molecule has 1 spiro atoms. The molecule has 2 rings (SSSR count). The summed E-state index contributed by atoms with van der Waals surface area (Å²) in [5.74, 6) is 0. The minimum atomic E-state index is 0.565. The van der Waals surface area contributed by atoms with E-state index in [9.17, 15) is 0 Å². The van der Waals surface area contributed by atoms with Gasteiger partial charge in [-0.1, -0.05) is 6.92 Å². The Hall–Kier alpha value is -0.0800. The molecule has 0 saturated carbocycles. The van der Waals surface area contributed by atoms with Crippen molar-refractivity contribution in [3.05, 3.63) is 0 Å². The largest absolute Gasteiger partial charge is 0.381 e. The van der Waals surface area contributed by atoms with Gasteiger partial charge in [-0.05, 0) is 32.4 Å². The number of ether oxygens (including phenoxy) is 1. The summed E-state index contributed by atoms with van der Waals surface area (Å²) in [5.41, 5.74) is 0.565. The molecule has 2 nitrogen and oxygen atoms in total. The molecule has 0 aliphatic carbocycles. The smallest absolute Gasteiger partial charge is 0.0536 e. The monoisotopic (exact) mass is 169 g/mol. The first-order chi connectivity index (χ1) is 5.85. The zero-order chi connectivity index (χ0) is 8.44. The first-order valence-electron chi connectivity index (χ1n) is 5.15. The lowest BCUT2D eigenvalue weighted by atomic mass is 9.87. The zero-order valence-corrected chi connectivity index (χ0v) is 8.01. The molecule has 0 radical (unpaired) electrons. The summed E-state index contributed by atoms with van der Waals surface area (Å²) >= 11 is 0. The van der Waals surface area contributed by atoms with Gasteiger partial charge in [0.25, 0.3) is 0 Å². The Labute approximate surface area is 74.9 Å². The van der Waals surface area contributed by atoms with E-state index in [1.165, 1.54) is 38.9 Å². The lowest BCUT2D eigenvalue weighted by Crippen LogP contribution is -2.27. The Morgan fingerprint density at radius 1 is 1.42 bits per heavy atom. The van der Waals surface area contributed by atoms with Crippen LogP contribution in [-0.4, -0.2) is 37.7 Å². The first kappa shape index (κ1) is 8.52. The van der Waals surface area contributed by atoms with Crippen LogP contribution in [0.15, 0.2) is 0 Å². The van der Waals surface area contributed by atoms with E-state index in [1.807, 2.05) is 0 Å². The number of likely N-dealkylation sites (tertiary alicyclic amines) is 1. The molecule has 70 valence electrons. The number of hydrogen-bond acceptors (Lipinski definition) is 2. The van der Waals surface area contributed by atoms with E-state index in [1.54, 1.807) is 0 Å². The van der Waals surface area contributed by atoms with Crippen LogP contribution >= 0.6 is 0 Å². The van der Waals surface area contributed by atoms with Gasteiger partial charge in [0.2, 0.25) is 0 Å². The quantitative estimate of drug-likeness (QED) is 0.621. The molecular formula is C10H19NO. The lowest BCUT2D eigenvalue weighted by molar-refractivity contribution is 0.152. The fourth-order valence-electron chi connectivity index (χ4n) is 2.51. The molecule has 2 saturated heterocycles. The fourth-order valence-corrected chi connectivity index (χ4v) is 2.51. The van der Waals surface area contributed by atoms with Crippen molar-refractivity contribution in [1.29, 1.82) is 0 Å². The maximum atomic E-state index is 5.48. The molecule has 0 aromatic rings. The Bertz CT molecular complexity index is 152. The molecule has 2 heteroatoms. The Morgan fingerprint density at radius 3 is 3.00 bits per heavy atom. The fraction of sp³-hybridized carbons (Fsp3) is 1.00. The predicted molar refractivity (Wildman–Crippen MR) is 49.2 cm³/mol. The minimum absolute atomic E-state index is 0.565. The molecule has 0 aromatic heterocycles. The summed E-state index contributed by atoms with van der Waals surface area (Å²) in [4.78, 5) is 2.59. The van der Waals surface area contributed by atoms with Gasteiger partial charge in [-0.3, -0.25) is 0 Å². The normalized spacial score (nSPS) is 36.8. The van der Waals surface area contributed by atoms with Crippen molar-refractivity contribution in [2.75, 3.05) is 32.8 Å². The molecule has 0 amide bonds. The topological polar surface area (TPSA) is 12.5 Å². The molecule has 0 bridgehead atoms. The van der Waals surface area contributed by atoms with Gasteiger partial charge in [0, 0.05) is 18.6 Å². The van der Waals surface area contributed by atoms with Crippen LogP contribution in [0.3, 0.4) is 0 Å². The molecule has 1 atom stereocenters. The van der Waals surface area contributed by atoms with Gasteiger partial charge in [0.05, 0.1) is 6.61 Å². The predicted octanol–water partition coefficient (Wildman–Crippen LogP) is 1.51. The van der Waals surface area contributed by atoms with E-state index >= 15 is 0 Å². The highest BCUT2D eigenvalue weighted by Gasteiger charge is 2.40. The van der Waals surface area contributed by atoms with Gasteiger partial charge >= 0.3 is 0 Å². The second-order valence-corrected chi connectivity index (χ2v) is 4.33. The molecule has 2 fully saturated rings. The van der Waals surface area contributed by atoms with Gasteiger partial charge in [-0.25, -0.2) is 0 Å². The molecule has 0 aromatic carbocycles. The standard InChI is InChI=1S/C10H19NO/c1-2-5-11-6-3-10(8-11)4-7-12-9-10/h2-9H2,1H3/t10-/m0/s1. The zero-order valence-electron chi connectivity index (χ0n) is 8.01. The summed E-state index contributed by atoms with van der Waals surface area (Å²) in [6, 6.07) is 0. The van der Waals surface area contributed by atoms with Crippen LogP contribution in [0.5, 0.6) is 0 Å². The summed E-state index contributed by atoms with van der Waals surface area (Å²) in [7, 11) is 0. The first-order valence-corrected chi connectivity index (χ1v) is 5.15. The highest BCUT2D eigenvalue weighted by Crippen LogP contribution is 2.37. The van der Waals surface area contributed by atoms with Gasteiger partial charge in [-0.15, -0.1) is 0 Å². The van der Waals surface area contributed by atoms with E-state index in [0.29, 0.717) is 5.41 Å². The molecule has 2 aliphatic rings. The molecule has 0 N–H and O–H groups in total. The van der Waals surface area contributed by atoms with E-state index in [2.05, 4.69) is 11.8 Å². The van der Waals surface area contributed by atoms with Crippen LogP contribution in [0.1, 0.15) is 26.2 Å². The molecule has 12 heavy (non-hydrogen) atoms. The lowest BCUT2D eigenvalue weighted by Gasteiger charge is -2.21. The van der Waals surface area contributed by atoms with Crippen molar-refractivity contribution in [2.24, 2.45) is 5.41 Å². The average molecular weight is 169 g/mol. The number of rotatable bonds is 2. The maximum absolute atomic E-state index is 5.48. The van der Waals surface area contributed by atoms with Crippen molar-refractivity contribution in [3.63, 3.8) is 0 Å². The third-order valence-corrected chi connectivity index (χ3v) is 3.24. The van der Waals surface area contributed by atoms with Crippen LogP contribution < -0.4 is 0 Å². The van der Waals surface area contributed by atoms with E-state index in [4.69, 9.17) is 4.74 Å². The molecule has 2 heterocycles. The van der Waals surface area contributed by atoms with E-state index in [-0.39, 0.29) is 0 Å². The average Bonchev–Trinajstić information content (AvgIpc) is 2.65. The van der Waals surface area contributed by atoms with Crippen molar-refractivity contribution in [1.82, 2.24) is 4.90 Å². The van der Waals surface area contributed by atoms with Crippen LogP contribution in [0.25, 0.3) is 0 Å². The minimum Gasteiger partial charge on any atom is -0.381 e. The second-order valence-electron chi connectivity index (χ2n) is 4.33. The highest BCUT2D eigenvalue weighted by molar-refractivity contribution is 4.92. The summed E-state index contributed by atoms with van der Waals surface area (Å²) in [6.07, 6.45) is 3.96. The summed E-state index contributed by atoms with van der Waals surface area (Å²) in [5, 5.41) is 0. The van der Waals surface area contributed by atoms with Crippen molar-refractivity contribution >= 4 is 0 Å². The number of nitrogens with zero attached hydrogens (tertiary/aromatic N) is 1. The Kier molecular flexibility index (Phi) is 2.37. The van der Waals surface area contributed by atoms with Gasteiger partial charge in [0.1, 0.15) is 0 Å². The van der Waals surface area contributed by atoms with Gasteiger partial charge in [-0.2, -0.15) is 0 Å². The third-order valence-electron chi connectivity index (χ3n) is 3.24. The Balaban J connectivity index is 1.88. The van der Waals surface area contributed by atoms with Gasteiger partial charge in [0.15, 0.2) is 0 Å². The highest BCUT2D eigenvalue weighted by atomic mass is 16.5. The van der Waals surface area contributed by atoms with E-state index in [0.717, 1.165) is 13.2 Å². The molecule has 0 unspecified atom stereocenters. The van der Waals surface area contributed by atoms with Crippen molar-refractivity contribution in [2.45, 2.75) is 26.2 Å². The van der Waals surface area contributed by atoms with E-state index < -0.39 is 0 Å². The van der Waals surface area contributed by atoms with Gasteiger partial charge < -0.3 is 9.64 Å². The van der Waals surface area contributed by atoms with Crippen molar-refractivity contribution < 1.29 is 4.74 Å². The van der Waals surface area contributed by atoms with Crippen LogP contribution in [0, 0.1) is 5.41 Å². The molecular weight excluding hydrogens is 150 g/mol. The Morgan fingerprint density at radius 2 is 2.33 bits per heavy atom. The third kappa shape index (κ3) is 1.50.